The lowest BCUT2D eigenvalue weighted by Gasteiger charge is -2.06. The maximum absolute atomic E-state index is 10.6. The fraction of sp³-hybridized carbons (Fsp3) is 0.860. The first-order valence-electron chi connectivity index (χ1n) is 25.4. The third-order valence-corrected chi connectivity index (χ3v) is 6.65. The first kappa shape index (κ1) is 95.7. The number of ether oxygens (including phenoxy) is 21. The number of methoxy groups -OCH3 is 7. The molecule has 0 aliphatic carbocycles. The summed E-state index contributed by atoms with van der Waals surface area (Å²) >= 11 is 0. The monoisotopic (exact) mass is 1260 g/mol. The van der Waals surface area contributed by atoms with Crippen molar-refractivity contribution >= 4 is 43.1 Å². The summed E-state index contributed by atoms with van der Waals surface area (Å²) in [5.74, 6) is 0. The summed E-state index contributed by atoms with van der Waals surface area (Å²) in [6, 6.07) is 0. The number of hydrogen-bond donors (Lipinski definition) is 7. The number of aliphatic hydroxyl groups excluding tert-OH is 7. The van der Waals surface area contributed by atoms with Crippen LogP contribution >= 0.6 is 0 Å². The van der Waals surface area contributed by atoms with Crippen LogP contribution in [0.4, 0.5) is 33.6 Å². The van der Waals surface area contributed by atoms with Crippen LogP contribution in [0.1, 0.15) is 55.9 Å². The van der Waals surface area contributed by atoms with Gasteiger partial charge < -0.3 is 135 Å². The van der Waals surface area contributed by atoms with Crippen molar-refractivity contribution in [3.05, 3.63) is 0 Å². The Morgan fingerprint density at radius 2 is 0.306 bits per heavy atom. The van der Waals surface area contributed by atoms with Crippen molar-refractivity contribution < 1.29 is 169 Å². The van der Waals surface area contributed by atoms with Crippen LogP contribution in [-0.2, 0) is 99.5 Å². The van der Waals surface area contributed by atoms with Gasteiger partial charge in [-0.05, 0) is 48.5 Å². The van der Waals surface area contributed by atoms with Crippen molar-refractivity contribution in [2.75, 3.05) is 189 Å². The summed E-state index contributed by atoms with van der Waals surface area (Å²) < 4.78 is 95.6. The van der Waals surface area contributed by atoms with E-state index in [4.69, 9.17) is 35.7 Å². The van der Waals surface area contributed by atoms with E-state index in [1.54, 1.807) is 0 Å². The summed E-state index contributed by atoms with van der Waals surface area (Å²) in [5, 5.41) is 61.0. The highest BCUT2D eigenvalue weighted by atomic mass is 16.8. The van der Waals surface area contributed by atoms with Crippen LogP contribution in [0.2, 0.25) is 0 Å². The van der Waals surface area contributed by atoms with Gasteiger partial charge in [-0.15, -0.1) is 0 Å². The lowest BCUT2D eigenvalue weighted by atomic mass is 10.5. The van der Waals surface area contributed by atoms with E-state index in [2.05, 4.69) is 99.5 Å². The molecule has 0 aliphatic heterocycles. The van der Waals surface area contributed by atoms with E-state index < -0.39 is 85.8 Å². The average Bonchev–Trinajstić information content (AvgIpc) is 3.43. The maximum Gasteiger partial charge on any atom is 0.508 e. The van der Waals surface area contributed by atoms with E-state index in [0.717, 1.165) is 0 Å². The highest BCUT2D eigenvalue weighted by Gasteiger charge is 2.10. The van der Waals surface area contributed by atoms with Gasteiger partial charge >= 0.3 is 43.1 Å². The van der Waals surface area contributed by atoms with Crippen LogP contribution < -0.4 is 0 Å². The molecular weight excluding hydrogens is 1160 g/mol. The van der Waals surface area contributed by atoms with Crippen molar-refractivity contribution in [3.63, 3.8) is 0 Å². The first-order valence-corrected chi connectivity index (χ1v) is 25.4. The minimum absolute atomic E-state index is 0. The largest absolute Gasteiger partial charge is 0.508 e. The Morgan fingerprint density at radius 1 is 0.212 bits per heavy atom. The van der Waals surface area contributed by atoms with E-state index in [0.29, 0.717) is 46.2 Å². The van der Waals surface area contributed by atoms with Crippen LogP contribution in [-0.4, -0.2) is 310 Å². The Bertz CT molecular complexity index is 1160. The number of carbonyl (C=O) groups is 7. The Balaban J connectivity index is -0.000000135. The Hall–Kier alpha value is -5.67. The van der Waals surface area contributed by atoms with Gasteiger partial charge in [-0.1, -0.05) is 7.43 Å². The zero-order chi connectivity index (χ0) is 65.8. The SMILES string of the molecule is C.COCCOC(=O)OCC(C)O.COCCOC(=O)OCC(C)O.COCCOC(=O)OCC(C)O.COCCOC(=O)OCC(C)O.COCCOC(=O)OCC(C)O.COCCOC(=O)OCC(C)O.COCCOC(=O)OCC(C)O. The van der Waals surface area contributed by atoms with E-state index in [9.17, 15) is 33.6 Å². The number of carbonyl (C=O) groups excluding carboxylic acids is 7. The molecule has 0 bridgehead atoms. The van der Waals surface area contributed by atoms with Gasteiger partial charge in [0.25, 0.3) is 0 Å². The van der Waals surface area contributed by atoms with Crippen LogP contribution in [0.15, 0.2) is 0 Å². The fourth-order valence-electron chi connectivity index (χ4n) is 3.07. The van der Waals surface area contributed by atoms with E-state index in [1.807, 2.05) is 0 Å². The van der Waals surface area contributed by atoms with Crippen molar-refractivity contribution in [3.8, 4) is 0 Å². The normalized spacial score (nSPS) is 12.1. The molecule has 0 aromatic rings. The molecule has 0 radical (unpaired) electrons. The summed E-state index contributed by atoms with van der Waals surface area (Å²) in [6.07, 6.45) is -10.2. The Kier molecular flexibility index (Phi) is 85.9. The molecule has 85 heavy (non-hydrogen) atoms. The predicted octanol–water partition coefficient (Wildman–Crippen LogP) is 1.80. The molecule has 512 valence electrons. The topological polar surface area (TPSA) is 455 Å². The van der Waals surface area contributed by atoms with Gasteiger partial charge in [-0.3, -0.25) is 0 Å². The molecule has 0 aromatic heterocycles. The van der Waals surface area contributed by atoms with Gasteiger partial charge in [0.2, 0.25) is 0 Å². The number of rotatable bonds is 35. The molecule has 0 saturated heterocycles. The van der Waals surface area contributed by atoms with Crippen LogP contribution in [0.25, 0.3) is 0 Å². The standard InChI is InChI=1S/7C7H14O5.CH4/c7*1-6(8)5-12-7(9)11-4-3-10-2;/h7*6,8H,3-5H2,1-2H3;1H4. The zero-order valence-corrected chi connectivity index (χ0v) is 51.0. The van der Waals surface area contributed by atoms with Gasteiger partial charge in [-0.25, -0.2) is 33.6 Å². The fourth-order valence-corrected chi connectivity index (χ4v) is 3.07. The molecule has 7 atom stereocenters. The Labute approximate surface area is 498 Å². The third-order valence-electron chi connectivity index (χ3n) is 6.65. The zero-order valence-electron chi connectivity index (χ0n) is 51.0. The molecule has 7 unspecified atom stereocenters. The smallest absolute Gasteiger partial charge is 0.432 e. The molecule has 0 spiro atoms. The second-order valence-corrected chi connectivity index (χ2v) is 15.8. The molecule has 0 amide bonds. The third kappa shape index (κ3) is 110. The van der Waals surface area contributed by atoms with Crippen molar-refractivity contribution in [2.45, 2.75) is 98.6 Å². The Morgan fingerprint density at radius 3 is 0.376 bits per heavy atom. The van der Waals surface area contributed by atoms with Gasteiger partial charge in [0.05, 0.1) is 89.0 Å². The van der Waals surface area contributed by atoms with Crippen molar-refractivity contribution in [1.82, 2.24) is 0 Å². The summed E-state index contributed by atoms with van der Waals surface area (Å²) in [6.45, 7) is 13.8. The van der Waals surface area contributed by atoms with Gasteiger partial charge in [0.1, 0.15) is 92.5 Å². The van der Waals surface area contributed by atoms with Crippen LogP contribution in [0.5, 0.6) is 0 Å². The highest BCUT2D eigenvalue weighted by molar-refractivity contribution is 5.61. The van der Waals surface area contributed by atoms with Crippen molar-refractivity contribution in [2.24, 2.45) is 0 Å². The van der Waals surface area contributed by atoms with Gasteiger partial charge in [0, 0.05) is 49.8 Å². The van der Waals surface area contributed by atoms with Gasteiger partial charge in [-0.2, -0.15) is 0 Å². The average molecular weight is 1260 g/mol. The molecular formula is C50H102O35. The maximum atomic E-state index is 10.6. The minimum Gasteiger partial charge on any atom is -0.432 e. The lowest BCUT2D eigenvalue weighted by Crippen LogP contribution is -2.17. The van der Waals surface area contributed by atoms with E-state index in [-0.39, 0.29) is 99.9 Å². The molecule has 0 rings (SSSR count). The van der Waals surface area contributed by atoms with Crippen LogP contribution in [0.3, 0.4) is 0 Å². The van der Waals surface area contributed by atoms with Gasteiger partial charge in [0.15, 0.2) is 0 Å². The summed E-state index contributed by atoms with van der Waals surface area (Å²) in [5.41, 5.74) is 0. The van der Waals surface area contributed by atoms with E-state index in [1.165, 1.54) is 98.2 Å². The number of aliphatic hydroxyl groups is 7. The summed E-state index contributed by atoms with van der Waals surface area (Å²) in [4.78, 5) is 74.3. The quantitative estimate of drug-likeness (QED) is 0.0270. The predicted molar refractivity (Wildman–Crippen MR) is 293 cm³/mol. The number of hydrogen-bond acceptors (Lipinski definition) is 35. The molecule has 0 saturated carbocycles. The molecule has 35 heteroatoms. The molecule has 0 fully saturated rings. The highest BCUT2D eigenvalue weighted by Crippen LogP contribution is 1.94. The van der Waals surface area contributed by atoms with Crippen LogP contribution in [0, 0.1) is 0 Å². The second kappa shape index (κ2) is 76.3. The minimum atomic E-state index is -0.784. The molecule has 0 heterocycles. The molecule has 0 aromatic carbocycles. The molecule has 7 N–H and O–H groups in total. The second-order valence-electron chi connectivity index (χ2n) is 15.8. The molecule has 35 nitrogen and oxygen atoms in total. The molecule has 0 aliphatic rings. The summed E-state index contributed by atoms with van der Waals surface area (Å²) in [7, 11) is 10.5. The van der Waals surface area contributed by atoms with Crippen molar-refractivity contribution in [1.29, 1.82) is 0 Å². The lowest BCUT2D eigenvalue weighted by molar-refractivity contribution is 0.0128. The first-order chi connectivity index (χ1) is 39.6. The van der Waals surface area contributed by atoms with E-state index >= 15 is 0 Å².